The van der Waals surface area contributed by atoms with Crippen LogP contribution in [0.15, 0.2) is 23.0 Å². The molecule has 0 radical (unpaired) electrons. The number of nitrogens with one attached hydrogen (secondary N) is 1. The highest BCUT2D eigenvalue weighted by Gasteiger charge is 2.14. The fourth-order valence-corrected chi connectivity index (χ4v) is 2.83. The van der Waals surface area contributed by atoms with Crippen molar-refractivity contribution in [1.82, 2.24) is 4.98 Å². The summed E-state index contributed by atoms with van der Waals surface area (Å²) in [6.07, 6.45) is 3.58. The Hall–Kier alpha value is -1.57. The standard InChI is InChI=1S/C15H17NO/c1-9(2)12-8-15(17)16-14-7-11-5-3-4-10(11)6-13(12)14/h6-9H,3-5H2,1-2H3,(H,16,17). The van der Waals surface area contributed by atoms with Gasteiger partial charge in [-0.15, -0.1) is 0 Å². The van der Waals surface area contributed by atoms with Crippen LogP contribution in [0, 0.1) is 0 Å². The maximum atomic E-state index is 11.7. The second kappa shape index (κ2) is 3.73. The number of H-pyrrole nitrogens is 1. The van der Waals surface area contributed by atoms with Crippen LogP contribution in [0.2, 0.25) is 0 Å². The second-order valence-corrected chi connectivity index (χ2v) is 5.26. The number of aryl methyl sites for hydroxylation is 2. The number of fused-ring (bicyclic) bond motifs is 2. The van der Waals surface area contributed by atoms with Gasteiger partial charge in [0, 0.05) is 17.0 Å². The molecule has 0 atom stereocenters. The van der Waals surface area contributed by atoms with Crippen LogP contribution in [-0.2, 0) is 12.8 Å². The first-order valence-electron chi connectivity index (χ1n) is 6.34. The van der Waals surface area contributed by atoms with Crippen molar-refractivity contribution < 1.29 is 0 Å². The van der Waals surface area contributed by atoms with Crippen LogP contribution < -0.4 is 5.56 Å². The van der Waals surface area contributed by atoms with Gasteiger partial charge in [-0.3, -0.25) is 4.79 Å². The van der Waals surface area contributed by atoms with E-state index < -0.39 is 0 Å². The van der Waals surface area contributed by atoms with Crippen molar-refractivity contribution in [3.8, 4) is 0 Å². The van der Waals surface area contributed by atoms with Gasteiger partial charge in [-0.05, 0) is 54.0 Å². The summed E-state index contributed by atoms with van der Waals surface area (Å²) in [6.45, 7) is 4.28. The third-order valence-electron chi connectivity index (χ3n) is 3.71. The molecule has 0 unspecified atom stereocenters. The van der Waals surface area contributed by atoms with E-state index in [-0.39, 0.29) is 5.56 Å². The largest absolute Gasteiger partial charge is 0.322 e. The van der Waals surface area contributed by atoms with Crippen molar-refractivity contribution >= 4 is 10.9 Å². The molecule has 2 nitrogen and oxygen atoms in total. The molecule has 0 bridgehead atoms. The van der Waals surface area contributed by atoms with E-state index >= 15 is 0 Å². The van der Waals surface area contributed by atoms with Gasteiger partial charge in [-0.1, -0.05) is 13.8 Å². The number of aromatic amines is 1. The molecule has 88 valence electrons. The molecule has 3 rings (SSSR count). The van der Waals surface area contributed by atoms with Crippen molar-refractivity contribution in [2.45, 2.75) is 39.0 Å². The zero-order valence-electron chi connectivity index (χ0n) is 10.3. The smallest absolute Gasteiger partial charge is 0.248 e. The maximum absolute atomic E-state index is 11.7. The minimum Gasteiger partial charge on any atom is -0.322 e. The van der Waals surface area contributed by atoms with E-state index in [1.807, 2.05) is 0 Å². The lowest BCUT2D eigenvalue weighted by atomic mass is 9.96. The molecule has 0 amide bonds. The molecule has 0 fully saturated rings. The van der Waals surface area contributed by atoms with Crippen LogP contribution in [-0.4, -0.2) is 4.98 Å². The number of benzene rings is 1. The summed E-state index contributed by atoms with van der Waals surface area (Å²) >= 11 is 0. The lowest BCUT2D eigenvalue weighted by Gasteiger charge is -2.11. The summed E-state index contributed by atoms with van der Waals surface area (Å²) in [4.78, 5) is 14.6. The fourth-order valence-electron chi connectivity index (χ4n) is 2.83. The lowest BCUT2D eigenvalue weighted by Crippen LogP contribution is -2.08. The molecule has 1 heterocycles. The molecule has 1 aromatic heterocycles. The molecular weight excluding hydrogens is 210 g/mol. The molecule has 1 aromatic carbocycles. The predicted molar refractivity (Wildman–Crippen MR) is 70.7 cm³/mol. The average Bonchev–Trinajstić information content (AvgIpc) is 2.71. The van der Waals surface area contributed by atoms with E-state index in [1.165, 1.54) is 34.9 Å². The zero-order chi connectivity index (χ0) is 12.0. The Morgan fingerprint density at radius 2 is 1.82 bits per heavy atom. The molecule has 0 saturated heterocycles. The monoisotopic (exact) mass is 227 g/mol. The summed E-state index contributed by atoms with van der Waals surface area (Å²) < 4.78 is 0. The summed E-state index contributed by atoms with van der Waals surface area (Å²) in [7, 11) is 0. The van der Waals surface area contributed by atoms with Gasteiger partial charge in [-0.2, -0.15) is 0 Å². The summed E-state index contributed by atoms with van der Waals surface area (Å²) in [6, 6.07) is 6.20. The van der Waals surface area contributed by atoms with Crippen LogP contribution in [0.25, 0.3) is 10.9 Å². The van der Waals surface area contributed by atoms with E-state index in [2.05, 4.69) is 31.0 Å². The molecule has 2 heteroatoms. The third-order valence-corrected chi connectivity index (χ3v) is 3.71. The van der Waals surface area contributed by atoms with Gasteiger partial charge in [0.05, 0.1) is 0 Å². The second-order valence-electron chi connectivity index (χ2n) is 5.26. The van der Waals surface area contributed by atoms with Crippen LogP contribution in [0.3, 0.4) is 0 Å². The van der Waals surface area contributed by atoms with E-state index in [9.17, 15) is 4.79 Å². The van der Waals surface area contributed by atoms with Gasteiger partial charge in [0.25, 0.3) is 0 Å². The number of hydrogen-bond donors (Lipinski definition) is 1. The Kier molecular flexibility index (Phi) is 2.32. The van der Waals surface area contributed by atoms with Gasteiger partial charge < -0.3 is 4.98 Å². The molecule has 0 aliphatic heterocycles. The van der Waals surface area contributed by atoms with Crippen molar-refractivity contribution in [1.29, 1.82) is 0 Å². The topological polar surface area (TPSA) is 32.9 Å². The Morgan fingerprint density at radius 3 is 2.53 bits per heavy atom. The van der Waals surface area contributed by atoms with E-state index in [0.717, 1.165) is 11.9 Å². The Balaban J connectivity index is 2.38. The van der Waals surface area contributed by atoms with E-state index in [0.29, 0.717) is 5.92 Å². The van der Waals surface area contributed by atoms with Crippen LogP contribution in [0.4, 0.5) is 0 Å². The molecule has 1 N–H and O–H groups in total. The van der Waals surface area contributed by atoms with Crippen molar-refractivity contribution in [3.63, 3.8) is 0 Å². The fraction of sp³-hybridized carbons (Fsp3) is 0.400. The molecule has 1 aliphatic rings. The van der Waals surface area contributed by atoms with Gasteiger partial charge >= 0.3 is 0 Å². The predicted octanol–water partition coefficient (Wildman–Crippen LogP) is 3.14. The van der Waals surface area contributed by atoms with Crippen LogP contribution in [0.1, 0.15) is 42.9 Å². The lowest BCUT2D eigenvalue weighted by molar-refractivity contribution is 0.871. The molecule has 1 aliphatic carbocycles. The Labute approximate surface area is 101 Å². The first-order chi connectivity index (χ1) is 8.15. The highest BCUT2D eigenvalue weighted by atomic mass is 16.1. The van der Waals surface area contributed by atoms with E-state index in [1.54, 1.807) is 6.07 Å². The summed E-state index contributed by atoms with van der Waals surface area (Å²) in [5.74, 6) is 0.388. The van der Waals surface area contributed by atoms with Gasteiger partial charge in [0.2, 0.25) is 5.56 Å². The van der Waals surface area contributed by atoms with Crippen molar-refractivity contribution in [2.75, 3.05) is 0 Å². The molecular formula is C15H17NO. The highest BCUT2D eigenvalue weighted by molar-refractivity contribution is 5.84. The van der Waals surface area contributed by atoms with Crippen LogP contribution >= 0.6 is 0 Å². The van der Waals surface area contributed by atoms with Gasteiger partial charge in [-0.25, -0.2) is 0 Å². The van der Waals surface area contributed by atoms with Crippen molar-refractivity contribution in [2.24, 2.45) is 0 Å². The zero-order valence-corrected chi connectivity index (χ0v) is 10.3. The number of hydrogen-bond acceptors (Lipinski definition) is 1. The first-order valence-corrected chi connectivity index (χ1v) is 6.34. The Morgan fingerprint density at radius 1 is 1.12 bits per heavy atom. The minimum atomic E-state index is 0.0131. The number of pyridine rings is 1. The quantitative estimate of drug-likeness (QED) is 0.797. The molecule has 0 saturated carbocycles. The normalized spacial score (nSPS) is 14.5. The van der Waals surface area contributed by atoms with Gasteiger partial charge in [0.1, 0.15) is 0 Å². The average molecular weight is 227 g/mol. The van der Waals surface area contributed by atoms with E-state index in [4.69, 9.17) is 0 Å². The number of aromatic nitrogens is 1. The highest BCUT2D eigenvalue weighted by Crippen LogP contribution is 2.29. The minimum absolute atomic E-state index is 0.0131. The third kappa shape index (κ3) is 1.68. The Bertz CT molecular complexity index is 637. The molecule has 17 heavy (non-hydrogen) atoms. The summed E-state index contributed by atoms with van der Waals surface area (Å²) in [5.41, 5.74) is 5.06. The summed E-state index contributed by atoms with van der Waals surface area (Å²) in [5, 5.41) is 1.22. The molecule has 0 spiro atoms. The SMILES string of the molecule is CC(C)c1cc(=O)[nH]c2cc3c(cc12)CCC3. The van der Waals surface area contributed by atoms with Gasteiger partial charge in [0.15, 0.2) is 0 Å². The molecule has 2 aromatic rings. The first kappa shape index (κ1) is 10.6. The van der Waals surface area contributed by atoms with Crippen LogP contribution in [0.5, 0.6) is 0 Å². The number of rotatable bonds is 1. The maximum Gasteiger partial charge on any atom is 0.248 e. The van der Waals surface area contributed by atoms with Crippen molar-refractivity contribution in [3.05, 3.63) is 45.2 Å².